The van der Waals surface area contributed by atoms with Gasteiger partial charge in [-0.15, -0.1) is 0 Å². The highest BCUT2D eigenvalue weighted by Gasteiger charge is 2.31. The Labute approximate surface area is 153 Å². The molecule has 26 heavy (non-hydrogen) atoms. The van der Waals surface area contributed by atoms with Crippen molar-refractivity contribution in [3.05, 3.63) is 95.8 Å². The van der Waals surface area contributed by atoms with Crippen molar-refractivity contribution in [1.29, 1.82) is 5.26 Å². The number of benzene rings is 2. The molecule has 130 valence electrons. The van der Waals surface area contributed by atoms with E-state index in [2.05, 4.69) is 4.98 Å². The molecule has 0 radical (unpaired) electrons. The third kappa shape index (κ3) is 3.49. The smallest absolute Gasteiger partial charge is 0.243 e. The van der Waals surface area contributed by atoms with Gasteiger partial charge in [-0.3, -0.25) is 4.98 Å². The third-order valence-corrected chi connectivity index (χ3v) is 5.94. The van der Waals surface area contributed by atoms with Crippen LogP contribution in [0.5, 0.6) is 0 Å². The van der Waals surface area contributed by atoms with E-state index in [0.717, 1.165) is 5.56 Å². The van der Waals surface area contributed by atoms with Crippen molar-refractivity contribution in [2.75, 3.05) is 7.05 Å². The number of hydrogen-bond acceptors (Lipinski definition) is 4. The third-order valence-electron chi connectivity index (χ3n) is 4.11. The molecule has 0 aliphatic carbocycles. The summed E-state index contributed by atoms with van der Waals surface area (Å²) in [6.07, 6.45) is 1.65. The van der Waals surface area contributed by atoms with E-state index in [-0.39, 0.29) is 4.90 Å². The lowest BCUT2D eigenvalue weighted by Gasteiger charge is -2.27. The topological polar surface area (TPSA) is 74.1 Å². The predicted molar refractivity (Wildman–Crippen MR) is 98.6 cm³/mol. The molecular formula is C20H17N3O2S. The Kier molecular flexibility index (Phi) is 5.12. The standard InChI is InChI=1S/C20H17N3O2S/c1-23(26(24,25)18-12-10-16(15-21)11-13-18)20(17-7-3-2-4-8-17)19-9-5-6-14-22-19/h2-14,20H,1H3. The van der Waals surface area contributed by atoms with Crippen molar-refractivity contribution in [2.45, 2.75) is 10.9 Å². The Bertz CT molecular complexity index is 973. The number of aromatic nitrogens is 1. The van der Waals surface area contributed by atoms with Gasteiger partial charge in [0.2, 0.25) is 10.0 Å². The lowest BCUT2D eigenvalue weighted by atomic mass is 10.0. The minimum absolute atomic E-state index is 0.135. The van der Waals surface area contributed by atoms with Crippen LogP contribution in [0.15, 0.2) is 83.9 Å². The Morgan fingerprint density at radius 3 is 2.19 bits per heavy atom. The van der Waals surface area contributed by atoms with Crippen LogP contribution in [0.3, 0.4) is 0 Å². The van der Waals surface area contributed by atoms with Crippen molar-refractivity contribution >= 4 is 10.0 Å². The summed E-state index contributed by atoms with van der Waals surface area (Å²) in [4.78, 5) is 4.50. The monoisotopic (exact) mass is 363 g/mol. The van der Waals surface area contributed by atoms with Gasteiger partial charge in [-0.2, -0.15) is 9.57 Å². The molecule has 0 saturated carbocycles. The van der Waals surface area contributed by atoms with Crippen LogP contribution in [0.25, 0.3) is 0 Å². The van der Waals surface area contributed by atoms with Gasteiger partial charge in [0.15, 0.2) is 0 Å². The van der Waals surface area contributed by atoms with Crippen LogP contribution in [0.4, 0.5) is 0 Å². The number of rotatable bonds is 5. The summed E-state index contributed by atoms with van der Waals surface area (Å²) in [7, 11) is -2.23. The Morgan fingerprint density at radius 2 is 1.62 bits per heavy atom. The molecule has 0 bridgehead atoms. The zero-order chi connectivity index (χ0) is 18.6. The van der Waals surface area contributed by atoms with E-state index in [1.807, 2.05) is 48.5 Å². The van der Waals surface area contributed by atoms with Crippen molar-refractivity contribution in [3.63, 3.8) is 0 Å². The van der Waals surface area contributed by atoms with Crippen molar-refractivity contribution < 1.29 is 8.42 Å². The van der Waals surface area contributed by atoms with Gasteiger partial charge >= 0.3 is 0 Å². The van der Waals surface area contributed by atoms with E-state index in [4.69, 9.17) is 5.26 Å². The molecule has 1 aromatic heterocycles. The Morgan fingerprint density at radius 1 is 0.962 bits per heavy atom. The summed E-state index contributed by atoms with van der Waals surface area (Å²) in [5.74, 6) is 0. The minimum atomic E-state index is -3.78. The number of pyridine rings is 1. The zero-order valence-corrected chi connectivity index (χ0v) is 15.0. The average molecular weight is 363 g/mol. The first-order valence-corrected chi connectivity index (χ1v) is 9.42. The van der Waals surface area contributed by atoms with Crippen LogP contribution in [0, 0.1) is 11.3 Å². The van der Waals surface area contributed by atoms with Gasteiger partial charge in [0.05, 0.1) is 28.3 Å². The minimum Gasteiger partial charge on any atom is -0.259 e. The fourth-order valence-electron chi connectivity index (χ4n) is 2.75. The second-order valence-electron chi connectivity index (χ2n) is 5.73. The maximum absolute atomic E-state index is 13.1. The van der Waals surface area contributed by atoms with Crippen molar-refractivity contribution in [1.82, 2.24) is 9.29 Å². The van der Waals surface area contributed by atoms with E-state index < -0.39 is 16.1 Å². The Balaban J connectivity index is 2.07. The van der Waals surface area contributed by atoms with Crippen LogP contribution in [0.2, 0.25) is 0 Å². The van der Waals surface area contributed by atoms with Crippen LogP contribution in [-0.2, 0) is 10.0 Å². The SMILES string of the molecule is CN(C(c1ccccc1)c1ccccn1)S(=O)(=O)c1ccc(C#N)cc1. The van der Waals surface area contributed by atoms with E-state index in [0.29, 0.717) is 11.3 Å². The van der Waals surface area contributed by atoms with Crippen molar-refractivity contribution in [2.24, 2.45) is 0 Å². The van der Waals surface area contributed by atoms with Gasteiger partial charge in [0, 0.05) is 13.2 Å². The van der Waals surface area contributed by atoms with Crippen LogP contribution in [0.1, 0.15) is 22.9 Å². The molecule has 0 aliphatic heterocycles. The largest absolute Gasteiger partial charge is 0.259 e. The normalized spacial score (nSPS) is 12.5. The van der Waals surface area contributed by atoms with Crippen LogP contribution in [-0.4, -0.2) is 24.8 Å². The van der Waals surface area contributed by atoms with Gasteiger partial charge < -0.3 is 0 Å². The summed E-state index contributed by atoms with van der Waals surface area (Å²) in [6.45, 7) is 0. The first kappa shape index (κ1) is 17.8. The number of nitrogens with zero attached hydrogens (tertiary/aromatic N) is 3. The van der Waals surface area contributed by atoms with Gasteiger partial charge in [-0.1, -0.05) is 36.4 Å². The van der Waals surface area contributed by atoms with Gasteiger partial charge in [-0.05, 0) is 42.0 Å². The zero-order valence-electron chi connectivity index (χ0n) is 14.1. The average Bonchev–Trinajstić information content (AvgIpc) is 2.70. The van der Waals surface area contributed by atoms with Gasteiger partial charge in [0.25, 0.3) is 0 Å². The lowest BCUT2D eigenvalue weighted by Crippen LogP contribution is -2.32. The molecule has 0 saturated heterocycles. The van der Waals surface area contributed by atoms with E-state index >= 15 is 0 Å². The molecule has 1 unspecified atom stereocenters. The van der Waals surface area contributed by atoms with Gasteiger partial charge in [0.1, 0.15) is 0 Å². The maximum atomic E-state index is 13.1. The fourth-order valence-corrected chi connectivity index (χ4v) is 4.07. The van der Waals surface area contributed by atoms with Crippen molar-refractivity contribution in [3.8, 4) is 6.07 Å². The maximum Gasteiger partial charge on any atom is 0.243 e. The molecule has 3 rings (SSSR count). The molecule has 0 fully saturated rings. The molecule has 0 amide bonds. The quantitative estimate of drug-likeness (QED) is 0.697. The highest BCUT2D eigenvalue weighted by molar-refractivity contribution is 7.89. The Hall–Kier alpha value is -3.01. The second kappa shape index (κ2) is 7.48. The van der Waals surface area contributed by atoms with E-state index in [1.54, 1.807) is 19.3 Å². The van der Waals surface area contributed by atoms with E-state index in [9.17, 15) is 8.42 Å². The number of hydrogen-bond donors (Lipinski definition) is 0. The van der Waals surface area contributed by atoms with Crippen LogP contribution < -0.4 is 0 Å². The molecule has 1 atom stereocenters. The molecule has 3 aromatic rings. The van der Waals surface area contributed by atoms with Crippen LogP contribution >= 0.6 is 0 Å². The summed E-state index contributed by atoms with van der Waals surface area (Å²) in [5, 5.41) is 8.91. The number of nitriles is 1. The molecule has 0 spiro atoms. The first-order chi connectivity index (χ1) is 12.5. The molecule has 0 aliphatic rings. The fraction of sp³-hybridized carbons (Fsp3) is 0.100. The predicted octanol–water partition coefficient (Wildman–Crippen LogP) is 3.36. The lowest BCUT2D eigenvalue weighted by molar-refractivity contribution is 0.412. The highest BCUT2D eigenvalue weighted by Crippen LogP contribution is 2.30. The second-order valence-corrected chi connectivity index (χ2v) is 7.72. The molecular weight excluding hydrogens is 346 g/mol. The summed E-state index contributed by atoms with van der Waals surface area (Å²) >= 11 is 0. The molecule has 1 heterocycles. The molecule has 2 aromatic carbocycles. The van der Waals surface area contributed by atoms with Gasteiger partial charge in [-0.25, -0.2) is 8.42 Å². The number of sulfonamides is 1. The van der Waals surface area contributed by atoms with E-state index in [1.165, 1.54) is 28.6 Å². The molecule has 0 N–H and O–H groups in total. The molecule has 6 heteroatoms. The summed E-state index contributed by atoms with van der Waals surface area (Å²) < 4.78 is 27.6. The summed E-state index contributed by atoms with van der Waals surface area (Å²) in [6, 6.07) is 22.1. The first-order valence-electron chi connectivity index (χ1n) is 7.98. The highest BCUT2D eigenvalue weighted by atomic mass is 32.2. The summed E-state index contributed by atoms with van der Waals surface area (Å²) in [5.41, 5.74) is 1.88. The molecule has 5 nitrogen and oxygen atoms in total.